The second-order valence-electron chi connectivity index (χ2n) is 12.7. The van der Waals surface area contributed by atoms with Crippen LogP contribution in [-0.2, 0) is 6.42 Å². The average molecular weight is 578 g/mol. The predicted molar refractivity (Wildman–Crippen MR) is 161 cm³/mol. The van der Waals surface area contributed by atoms with Gasteiger partial charge in [0.25, 0.3) is 5.91 Å². The Balaban J connectivity index is 1.34. The Morgan fingerprint density at radius 3 is 2.48 bits per heavy atom. The van der Waals surface area contributed by atoms with E-state index in [1.165, 1.54) is 0 Å². The molecule has 5 rings (SSSR count). The van der Waals surface area contributed by atoms with E-state index in [2.05, 4.69) is 25.7 Å². The molecule has 2 aromatic carbocycles. The molecule has 2 atom stereocenters. The van der Waals surface area contributed by atoms with Crippen LogP contribution in [0.25, 0.3) is 0 Å². The largest absolute Gasteiger partial charge is 0.489 e. The highest BCUT2D eigenvalue weighted by atomic mass is 19.3. The van der Waals surface area contributed by atoms with E-state index >= 15 is 0 Å². The van der Waals surface area contributed by atoms with Crippen LogP contribution in [0.2, 0.25) is 0 Å². The van der Waals surface area contributed by atoms with Gasteiger partial charge >= 0.3 is 6.61 Å². The molecule has 3 aromatic rings. The fourth-order valence-corrected chi connectivity index (χ4v) is 5.76. The van der Waals surface area contributed by atoms with Crippen molar-refractivity contribution in [1.29, 1.82) is 0 Å². The molecule has 0 bridgehead atoms. The number of benzene rings is 2. The molecular formula is C34H41F2N3O3. The van der Waals surface area contributed by atoms with Crippen LogP contribution >= 0.6 is 0 Å². The summed E-state index contributed by atoms with van der Waals surface area (Å²) in [5, 5.41) is 0. The number of nitrogens with zero attached hydrogens (tertiary/aromatic N) is 3. The summed E-state index contributed by atoms with van der Waals surface area (Å²) in [6, 6.07) is 19.1. The molecule has 42 heavy (non-hydrogen) atoms. The number of pyridine rings is 1. The van der Waals surface area contributed by atoms with Gasteiger partial charge in [0.15, 0.2) is 11.5 Å². The van der Waals surface area contributed by atoms with Gasteiger partial charge in [0.1, 0.15) is 5.69 Å². The summed E-state index contributed by atoms with van der Waals surface area (Å²) in [6.07, 6.45) is 3.79. The van der Waals surface area contributed by atoms with E-state index in [0.717, 1.165) is 48.3 Å². The van der Waals surface area contributed by atoms with Crippen LogP contribution < -0.4 is 14.4 Å². The van der Waals surface area contributed by atoms with Gasteiger partial charge < -0.3 is 14.4 Å². The average Bonchev–Trinajstić information content (AvgIpc) is 3.68. The minimum atomic E-state index is -2.90. The number of anilines is 1. The normalized spacial score (nSPS) is 19.2. The zero-order chi connectivity index (χ0) is 30.0. The van der Waals surface area contributed by atoms with E-state index in [0.29, 0.717) is 30.4 Å². The van der Waals surface area contributed by atoms with Crippen LogP contribution in [-0.4, -0.2) is 54.2 Å². The van der Waals surface area contributed by atoms with Gasteiger partial charge in [-0.05, 0) is 101 Å². The maximum absolute atomic E-state index is 13.3. The van der Waals surface area contributed by atoms with Crippen molar-refractivity contribution in [3.05, 3.63) is 83.2 Å². The van der Waals surface area contributed by atoms with Gasteiger partial charge in [0.2, 0.25) is 0 Å². The lowest BCUT2D eigenvalue weighted by Crippen LogP contribution is -2.45. The number of likely N-dealkylation sites (tertiary alicyclic amines) is 1. The fraction of sp³-hybridized carbons (Fsp3) is 0.471. The summed E-state index contributed by atoms with van der Waals surface area (Å²) in [5.41, 5.74) is 4.20. The number of hydrogen-bond donors (Lipinski definition) is 0. The quantitative estimate of drug-likeness (QED) is 0.254. The Morgan fingerprint density at radius 1 is 1.07 bits per heavy atom. The van der Waals surface area contributed by atoms with Gasteiger partial charge in [-0.25, -0.2) is 4.98 Å². The smallest absolute Gasteiger partial charge is 0.387 e. The van der Waals surface area contributed by atoms with Crippen LogP contribution in [0, 0.1) is 12.8 Å². The lowest BCUT2D eigenvalue weighted by Gasteiger charge is -2.37. The topological polar surface area (TPSA) is 54.9 Å². The molecule has 0 spiro atoms. The van der Waals surface area contributed by atoms with Crippen molar-refractivity contribution < 1.29 is 23.0 Å². The van der Waals surface area contributed by atoms with Gasteiger partial charge in [-0.1, -0.05) is 29.8 Å². The van der Waals surface area contributed by atoms with Gasteiger partial charge in [-0.15, -0.1) is 0 Å². The number of halogens is 2. The molecule has 8 heteroatoms. The lowest BCUT2D eigenvalue weighted by molar-refractivity contribution is -0.0515. The zero-order valence-electron chi connectivity index (χ0n) is 25.1. The van der Waals surface area contributed by atoms with Crippen LogP contribution in [0.15, 0.2) is 60.7 Å². The first kappa shape index (κ1) is 30.0. The third-order valence-corrected chi connectivity index (χ3v) is 8.30. The Bertz CT molecular complexity index is 1390. The standard InChI is InChI=1S/C34H41F2N3O3/c1-22-9-14-27(15-10-22)38(5)32(40)29-8-6-7-26(37-29)19-28-17-25(20-39(28)34(2,3)4)24-13-16-30(42-33(35)36)31(18-24)41-21-23-11-12-23/h6-10,13-16,18,23,25,28,33H,11-12,17,19-21H2,1-5H3/t25-,28+/m0/s1. The number of carbonyl (C=O) groups excluding carboxylic acids is 1. The molecule has 6 nitrogen and oxygen atoms in total. The van der Waals surface area contributed by atoms with Crippen LogP contribution in [0.1, 0.15) is 73.3 Å². The minimum Gasteiger partial charge on any atom is -0.489 e. The third kappa shape index (κ3) is 7.27. The number of rotatable bonds is 10. The Kier molecular flexibility index (Phi) is 8.83. The van der Waals surface area contributed by atoms with Crippen molar-refractivity contribution >= 4 is 11.6 Å². The molecule has 1 aliphatic carbocycles. The SMILES string of the molecule is Cc1ccc(N(C)C(=O)c2cccc(C[C@H]3C[C@H](c4ccc(OC(F)F)c(OCC5CC5)c4)CN3C(C)(C)C)n2)cc1. The van der Waals surface area contributed by atoms with Gasteiger partial charge in [0, 0.05) is 43.0 Å². The Hall–Kier alpha value is -3.52. The first-order valence-electron chi connectivity index (χ1n) is 14.8. The van der Waals surface area contributed by atoms with Crippen molar-refractivity contribution in [3.8, 4) is 11.5 Å². The maximum Gasteiger partial charge on any atom is 0.387 e. The molecule has 1 saturated carbocycles. The maximum atomic E-state index is 13.3. The summed E-state index contributed by atoms with van der Waals surface area (Å²) in [6.45, 7) is 7.06. The van der Waals surface area contributed by atoms with Crippen molar-refractivity contribution in [2.45, 2.75) is 77.5 Å². The van der Waals surface area contributed by atoms with Gasteiger partial charge in [0.05, 0.1) is 6.61 Å². The van der Waals surface area contributed by atoms with Gasteiger partial charge in [-0.3, -0.25) is 9.69 Å². The summed E-state index contributed by atoms with van der Waals surface area (Å²) in [4.78, 5) is 22.2. The summed E-state index contributed by atoms with van der Waals surface area (Å²) in [5.74, 6) is 0.999. The van der Waals surface area contributed by atoms with Crippen LogP contribution in [0.3, 0.4) is 0 Å². The third-order valence-electron chi connectivity index (χ3n) is 8.30. The summed E-state index contributed by atoms with van der Waals surface area (Å²) in [7, 11) is 1.77. The van der Waals surface area contributed by atoms with E-state index < -0.39 is 6.61 Å². The highest BCUT2D eigenvalue weighted by molar-refractivity contribution is 6.04. The van der Waals surface area contributed by atoms with E-state index in [-0.39, 0.29) is 29.2 Å². The van der Waals surface area contributed by atoms with Crippen molar-refractivity contribution in [3.63, 3.8) is 0 Å². The second kappa shape index (κ2) is 12.4. The van der Waals surface area contributed by atoms with E-state index in [1.54, 1.807) is 24.1 Å². The zero-order valence-corrected chi connectivity index (χ0v) is 25.1. The highest BCUT2D eigenvalue weighted by Gasteiger charge is 2.39. The fourth-order valence-electron chi connectivity index (χ4n) is 5.76. The molecule has 0 N–H and O–H groups in total. The molecule has 2 fully saturated rings. The highest BCUT2D eigenvalue weighted by Crippen LogP contribution is 2.41. The molecular weight excluding hydrogens is 536 g/mol. The molecule has 1 aromatic heterocycles. The minimum absolute atomic E-state index is 0.0814. The summed E-state index contributed by atoms with van der Waals surface area (Å²) < 4.78 is 36.8. The number of alkyl halides is 2. The number of amides is 1. The Labute approximate surface area is 247 Å². The number of aryl methyl sites for hydroxylation is 1. The molecule has 0 radical (unpaired) electrons. The number of carbonyl (C=O) groups is 1. The van der Waals surface area contributed by atoms with E-state index in [4.69, 9.17) is 14.5 Å². The van der Waals surface area contributed by atoms with E-state index in [9.17, 15) is 13.6 Å². The molecule has 2 aliphatic rings. The Morgan fingerprint density at radius 2 is 1.81 bits per heavy atom. The number of aromatic nitrogens is 1. The first-order chi connectivity index (χ1) is 20.0. The molecule has 2 heterocycles. The summed E-state index contributed by atoms with van der Waals surface area (Å²) >= 11 is 0. The second-order valence-corrected chi connectivity index (χ2v) is 12.7. The molecule has 224 valence electrons. The van der Waals surface area contributed by atoms with Crippen LogP contribution in [0.4, 0.5) is 14.5 Å². The van der Waals surface area contributed by atoms with Crippen molar-refractivity contribution in [1.82, 2.24) is 9.88 Å². The lowest BCUT2D eigenvalue weighted by atomic mass is 9.94. The first-order valence-corrected chi connectivity index (χ1v) is 14.8. The van der Waals surface area contributed by atoms with Crippen LogP contribution in [0.5, 0.6) is 11.5 Å². The van der Waals surface area contributed by atoms with Gasteiger partial charge in [-0.2, -0.15) is 8.78 Å². The van der Waals surface area contributed by atoms with Crippen molar-refractivity contribution in [2.75, 3.05) is 25.1 Å². The molecule has 1 amide bonds. The number of ether oxygens (including phenoxy) is 2. The molecule has 1 saturated heterocycles. The monoisotopic (exact) mass is 577 g/mol. The molecule has 0 unspecified atom stereocenters. The van der Waals surface area contributed by atoms with E-state index in [1.807, 2.05) is 55.5 Å². The predicted octanol–water partition coefficient (Wildman–Crippen LogP) is 7.26. The molecule has 1 aliphatic heterocycles. The number of hydrogen-bond acceptors (Lipinski definition) is 5. The van der Waals surface area contributed by atoms with Crippen molar-refractivity contribution in [2.24, 2.45) is 5.92 Å².